The van der Waals surface area contributed by atoms with Gasteiger partial charge in [-0.05, 0) is 49.7 Å². The summed E-state index contributed by atoms with van der Waals surface area (Å²) in [5, 5.41) is 0. The third kappa shape index (κ3) is 5.73. The molecule has 1 aliphatic heterocycles. The van der Waals surface area contributed by atoms with Gasteiger partial charge < -0.3 is 10.6 Å². The number of piperazine rings is 1. The second-order valence-electron chi connectivity index (χ2n) is 8.12. The number of carbonyl (C=O) groups is 1. The lowest BCUT2D eigenvalue weighted by atomic mass is 9.65. The minimum Gasteiger partial charge on any atom is -0.340 e. The van der Waals surface area contributed by atoms with Crippen molar-refractivity contribution in [2.45, 2.75) is 44.7 Å². The lowest BCUT2D eigenvalue weighted by Crippen LogP contribution is -2.53. The van der Waals surface area contributed by atoms with Crippen molar-refractivity contribution in [1.82, 2.24) is 14.8 Å². The molecule has 2 saturated carbocycles. The Morgan fingerprint density at radius 1 is 1.04 bits per heavy atom. The lowest BCUT2D eigenvalue weighted by molar-refractivity contribution is -0.140. The number of halogens is 3. The van der Waals surface area contributed by atoms with Crippen molar-refractivity contribution in [2.75, 3.05) is 26.2 Å². The van der Waals surface area contributed by atoms with Crippen molar-refractivity contribution in [3.8, 4) is 0 Å². The molecule has 2 bridgehead atoms. The van der Waals surface area contributed by atoms with Crippen LogP contribution < -0.4 is 5.73 Å². The zero-order chi connectivity index (χ0) is 17.2. The Morgan fingerprint density at radius 3 is 2.25 bits per heavy atom. The first-order valence-electron chi connectivity index (χ1n) is 9.87. The van der Waals surface area contributed by atoms with Crippen LogP contribution in [0.25, 0.3) is 0 Å². The van der Waals surface area contributed by atoms with Crippen molar-refractivity contribution < 1.29 is 4.79 Å². The average Bonchev–Trinajstić information content (AvgIpc) is 2.62. The molecule has 2 N–H and O–H groups in total. The highest BCUT2D eigenvalue weighted by molar-refractivity contribution is 5.86. The summed E-state index contributed by atoms with van der Waals surface area (Å²) in [5.41, 5.74) is 7.49. The molecule has 0 spiro atoms. The van der Waals surface area contributed by atoms with Crippen LogP contribution in [0, 0.1) is 17.8 Å². The van der Waals surface area contributed by atoms with Gasteiger partial charge in [-0.25, -0.2) is 0 Å². The van der Waals surface area contributed by atoms with Crippen LogP contribution in [0.1, 0.15) is 37.8 Å². The molecule has 8 heteroatoms. The number of pyridine rings is 1. The quantitative estimate of drug-likeness (QED) is 0.767. The van der Waals surface area contributed by atoms with Crippen molar-refractivity contribution in [2.24, 2.45) is 23.5 Å². The smallest absolute Gasteiger partial charge is 0.225 e. The molecule has 3 aliphatic rings. The number of nitrogens with zero attached hydrogens (tertiary/aromatic N) is 3. The molecule has 2 atom stereocenters. The number of amides is 1. The number of hydrogen-bond donors (Lipinski definition) is 1. The first-order valence-corrected chi connectivity index (χ1v) is 9.87. The van der Waals surface area contributed by atoms with E-state index < -0.39 is 0 Å². The third-order valence-electron chi connectivity index (χ3n) is 6.56. The van der Waals surface area contributed by atoms with Gasteiger partial charge in [-0.1, -0.05) is 12.5 Å². The van der Waals surface area contributed by atoms with Crippen LogP contribution in [0.5, 0.6) is 0 Å². The molecule has 1 amide bonds. The molecule has 1 saturated heterocycles. The normalized spacial score (nSPS) is 29.7. The Balaban J connectivity index is 0.00000131. The van der Waals surface area contributed by atoms with E-state index in [0.29, 0.717) is 23.8 Å². The highest BCUT2D eigenvalue weighted by Crippen LogP contribution is 2.42. The van der Waals surface area contributed by atoms with Gasteiger partial charge in [0.25, 0.3) is 0 Å². The van der Waals surface area contributed by atoms with E-state index in [2.05, 4.69) is 20.9 Å². The Labute approximate surface area is 187 Å². The second kappa shape index (κ2) is 11.6. The summed E-state index contributed by atoms with van der Waals surface area (Å²) >= 11 is 0. The molecular formula is C20H33Cl3N4O. The van der Waals surface area contributed by atoms with Gasteiger partial charge in [0.1, 0.15) is 0 Å². The van der Waals surface area contributed by atoms with Crippen molar-refractivity contribution in [3.63, 3.8) is 0 Å². The molecule has 2 heterocycles. The minimum absolute atomic E-state index is 0. The van der Waals surface area contributed by atoms with E-state index in [1.165, 1.54) is 19.3 Å². The summed E-state index contributed by atoms with van der Waals surface area (Å²) in [6, 6.07) is 6.40. The van der Waals surface area contributed by atoms with E-state index in [1.54, 1.807) is 0 Å². The summed E-state index contributed by atoms with van der Waals surface area (Å²) < 4.78 is 0. The van der Waals surface area contributed by atoms with Gasteiger partial charge in [0, 0.05) is 50.9 Å². The molecule has 5 nitrogen and oxygen atoms in total. The molecule has 4 rings (SSSR count). The van der Waals surface area contributed by atoms with Crippen molar-refractivity contribution in [3.05, 3.63) is 30.1 Å². The summed E-state index contributed by atoms with van der Waals surface area (Å²) in [6.07, 6.45) is 7.63. The molecule has 0 radical (unpaired) electrons. The topological polar surface area (TPSA) is 62.5 Å². The number of carbonyl (C=O) groups excluding carboxylic acids is 1. The predicted octanol–water partition coefficient (Wildman–Crippen LogP) is 3.14. The summed E-state index contributed by atoms with van der Waals surface area (Å²) in [6.45, 7) is 4.47. The summed E-state index contributed by atoms with van der Waals surface area (Å²) in [5.74, 6) is 1.76. The van der Waals surface area contributed by atoms with Crippen LogP contribution in [0.4, 0.5) is 0 Å². The number of rotatable bonds is 3. The van der Waals surface area contributed by atoms with Gasteiger partial charge in [0.05, 0.1) is 5.69 Å². The van der Waals surface area contributed by atoms with E-state index in [-0.39, 0.29) is 43.1 Å². The Bertz CT molecular complexity index is 584. The van der Waals surface area contributed by atoms with Crippen LogP contribution in [0.3, 0.4) is 0 Å². The van der Waals surface area contributed by atoms with E-state index in [9.17, 15) is 4.79 Å². The number of hydrogen-bond acceptors (Lipinski definition) is 4. The fourth-order valence-corrected chi connectivity index (χ4v) is 5.10. The average molecular weight is 452 g/mol. The monoisotopic (exact) mass is 450 g/mol. The molecular weight excluding hydrogens is 419 g/mol. The van der Waals surface area contributed by atoms with Gasteiger partial charge in [-0.3, -0.25) is 14.7 Å². The van der Waals surface area contributed by atoms with Gasteiger partial charge in [-0.2, -0.15) is 0 Å². The molecule has 0 aromatic carbocycles. The fraction of sp³-hybridized carbons (Fsp3) is 0.700. The van der Waals surface area contributed by atoms with Gasteiger partial charge in [-0.15, -0.1) is 37.2 Å². The van der Waals surface area contributed by atoms with E-state index in [0.717, 1.165) is 51.3 Å². The van der Waals surface area contributed by atoms with Crippen LogP contribution in [-0.2, 0) is 11.3 Å². The minimum atomic E-state index is 0. The zero-order valence-corrected chi connectivity index (χ0v) is 18.7. The highest BCUT2D eigenvalue weighted by Gasteiger charge is 2.41. The highest BCUT2D eigenvalue weighted by atomic mass is 35.5. The maximum absolute atomic E-state index is 13.0. The number of nitrogens with two attached hydrogens (primary N) is 1. The van der Waals surface area contributed by atoms with Crippen LogP contribution >= 0.6 is 37.2 Å². The van der Waals surface area contributed by atoms with Crippen LogP contribution in [-0.4, -0.2) is 52.9 Å². The molecule has 28 heavy (non-hydrogen) atoms. The molecule has 1 aromatic rings. The van der Waals surface area contributed by atoms with Crippen LogP contribution in [0.2, 0.25) is 0 Å². The molecule has 2 unspecified atom stereocenters. The third-order valence-corrected chi connectivity index (χ3v) is 6.56. The molecule has 1 aromatic heterocycles. The Hall–Kier alpha value is -0.590. The first-order chi connectivity index (χ1) is 12.2. The van der Waals surface area contributed by atoms with Gasteiger partial charge in [0.2, 0.25) is 5.91 Å². The maximum atomic E-state index is 13.0. The fourth-order valence-electron chi connectivity index (χ4n) is 5.10. The Morgan fingerprint density at radius 2 is 1.68 bits per heavy atom. The van der Waals surface area contributed by atoms with E-state index in [4.69, 9.17) is 5.73 Å². The summed E-state index contributed by atoms with van der Waals surface area (Å²) in [7, 11) is 0. The standard InChI is InChI=1S/C20H30N4O.3ClH/c21-19-15-4-3-5-16(19)13-17(12-15)20(25)24-10-8-23(9-11-24)14-18-6-1-2-7-22-18;;;/h1-2,6-7,15-17,19H,3-5,8-14,21H2;3*1H. The first kappa shape index (κ1) is 25.4. The molecule has 2 aliphatic carbocycles. The summed E-state index contributed by atoms with van der Waals surface area (Å²) in [4.78, 5) is 21.9. The maximum Gasteiger partial charge on any atom is 0.225 e. The number of fused-ring (bicyclic) bond motifs is 2. The van der Waals surface area contributed by atoms with Crippen LogP contribution in [0.15, 0.2) is 24.4 Å². The zero-order valence-electron chi connectivity index (χ0n) is 16.2. The number of aromatic nitrogens is 1. The molecule has 160 valence electrons. The van der Waals surface area contributed by atoms with Gasteiger partial charge in [0.15, 0.2) is 0 Å². The van der Waals surface area contributed by atoms with Gasteiger partial charge >= 0.3 is 0 Å². The SMILES string of the molecule is Cl.Cl.Cl.NC1C2CCCC1CC(C(=O)N1CCN(Cc3ccccn3)CC1)C2. The largest absolute Gasteiger partial charge is 0.340 e. The van der Waals surface area contributed by atoms with Crippen molar-refractivity contribution in [1.29, 1.82) is 0 Å². The predicted molar refractivity (Wildman–Crippen MR) is 119 cm³/mol. The van der Waals surface area contributed by atoms with E-state index in [1.807, 2.05) is 18.3 Å². The second-order valence-corrected chi connectivity index (χ2v) is 8.12. The molecule has 3 fully saturated rings. The lowest BCUT2D eigenvalue weighted by Gasteiger charge is -2.45. The van der Waals surface area contributed by atoms with Crippen molar-refractivity contribution >= 4 is 43.1 Å². The Kier molecular flexibility index (Phi) is 10.5. The van der Waals surface area contributed by atoms with E-state index >= 15 is 0 Å².